The summed E-state index contributed by atoms with van der Waals surface area (Å²) in [5.41, 5.74) is 1.08. The predicted octanol–water partition coefficient (Wildman–Crippen LogP) is 3.73. The van der Waals surface area contributed by atoms with Crippen molar-refractivity contribution in [2.75, 3.05) is 0 Å². The molecule has 1 saturated carbocycles. The van der Waals surface area contributed by atoms with Crippen LogP contribution in [0.25, 0.3) is 0 Å². The summed E-state index contributed by atoms with van der Waals surface area (Å²) >= 11 is 0. The number of nitrogens with zero attached hydrogens (tertiary/aromatic N) is 1. The molecule has 1 aromatic rings. The summed E-state index contributed by atoms with van der Waals surface area (Å²) in [5, 5.41) is 10.6. The van der Waals surface area contributed by atoms with Crippen molar-refractivity contribution in [3.63, 3.8) is 0 Å². The standard InChI is InChI=1S/C16H25NO2/c1-11(2)19-13-8-12(9-17-10-13)15(18)14-6-5-7-16(14,3)4/h8-11,14-15,18H,5-7H2,1-4H3. The molecule has 106 valence electrons. The molecule has 2 atom stereocenters. The van der Waals surface area contributed by atoms with Crippen molar-refractivity contribution in [3.05, 3.63) is 24.0 Å². The molecule has 0 bridgehead atoms. The van der Waals surface area contributed by atoms with Crippen molar-refractivity contribution < 1.29 is 9.84 Å². The van der Waals surface area contributed by atoms with Gasteiger partial charge < -0.3 is 9.84 Å². The summed E-state index contributed by atoms with van der Waals surface area (Å²) in [4.78, 5) is 4.19. The molecule has 1 aliphatic carbocycles. The largest absolute Gasteiger partial charge is 0.489 e. The van der Waals surface area contributed by atoms with Crippen LogP contribution in [-0.4, -0.2) is 16.2 Å². The lowest BCUT2D eigenvalue weighted by molar-refractivity contribution is 0.0526. The minimum Gasteiger partial charge on any atom is -0.489 e. The minimum atomic E-state index is -0.444. The maximum atomic E-state index is 10.6. The zero-order valence-corrected chi connectivity index (χ0v) is 12.4. The molecule has 1 aliphatic rings. The van der Waals surface area contributed by atoms with E-state index in [0.717, 1.165) is 17.7 Å². The van der Waals surface area contributed by atoms with Gasteiger partial charge in [0.05, 0.1) is 18.4 Å². The van der Waals surface area contributed by atoms with E-state index in [1.807, 2.05) is 19.9 Å². The highest BCUT2D eigenvalue weighted by molar-refractivity contribution is 5.26. The Morgan fingerprint density at radius 1 is 1.37 bits per heavy atom. The van der Waals surface area contributed by atoms with Crippen molar-refractivity contribution >= 4 is 0 Å². The second-order valence-corrected chi connectivity index (χ2v) is 6.55. The highest BCUT2D eigenvalue weighted by Gasteiger charge is 2.39. The van der Waals surface area contributed by atoms with Crippen molar-refractivity contribution in [2.45, 2.75) is 59.2 Å². The average molecular weight is 263 g/mol. The molecule has 0 aromatic carbocycles. The number of hydrogen-bond acceptors (Lipinski definition) is 3. The van der Waals surface area contributed by atoms with Crippen molar-refractivity contribution in [1.82, 2.24) is 4.98 Å². The van der Waals surface area contributed by atoms with Crippen molar-refractivity contribution in [3.8, 4) is 5.75 Å². The van der Waals surface area contributed by atoms with E-state index in [-0.39, 0.29) is 11.5 Å². The lowest BCUT2D eigenvalue weighted by Gasteiger charge is -2.31. The number of ether oxygens (including phenoxy) is 1. The Labute approximate surface area is 116 Å². The number of hydrogen-bond donors (Lipinski definition) is 1. The molecule has 2 rings (SSSR count). The summed E-state index contributed by atoms with van der Waals surface area (Å²) in [6.07, 6.45) is 6.61. The number of aliphatic hydroxyl groups is 1. The highest BCUT2D eigenvalue weighted by Crippen LogP contribution is 2.48. The Morgan fingerprint density at radius 2 is 2.11 bits per heavy atom. The Morgan fingerprint density at radius 3 is 2.68 bits per heavy atom. The first-order valence-corrected chi connectivity index (χ1v) is 7.20. The van der Waals surface area contributed by atoms with E-state index in [4.69, 9.17) is 4.74 Å². The second-order valence-electron chi connectivity index (χ2n) is 6.55. The summed E-state index contributed by atoms with van der Waals surface area (Å²) in [7, 11) is 0. The van der Waals surface area contributed by atoms with Crippen LogP contribution in [0.3, 0.4) is 0 Å². The number of pyridine rings is 1. The molecule has 1 aromatic heterocycles. The monoisotopic (exact) mass is 263 g/mol. The molecule has 0 spiro atoms. The van der Waals surface area contributed by atoms with Gasteiger partial charge >= 0.3 is 0 Å². The van der Waals surface area contributed by atoms with Gasteiger partial charge in [-0.2, -0.15) is 0 Å². The number of aromatic nitrogens is 1. The lowest BCUT2D eigenvalue weighted by Crippen LogP contribution is -2.24. The fraction of sp³-hybridized carbons (Fsp3) is 0.688. The van der Waals surface area contributed by atoms with Gasteiger partial charge in [-0.25, -0.2) is 0 Å². The van der Waals surface area contributed by atoms with E-state index < -0.39 is 6.10 Å². The molecule has 2 unspecified atom stereocenters. The Balaban J connectivity index is 2.17. The van der Waals surface area contributed by atoms with Gasteiger partial charge in [-0.05, 0) is 44.1 Å². The van der Waals surface area contributed by atoms with Gasteiger partial charge in [0.25, 0.3) is 0 Å². The average Bonchev–Trinajstić information content (AvgIpc) is 2.67. The van der Waals surface area contributed by atoms with Crippen molar-refractivity contribution in [2.24, 2.45) is 11.3 Å². The van der Waals surface area contributed by atoms with Crippen molar-refractivity contribution in [1.29, 1.82) is 0 Å². The van der Waals surface area contributed by atoms with Crippen LogP contribution in [0, 0.1) is 11.3 Å². The maximum Gasteiger partial charge on any atom is 0.138 e. The molecule has 3 heteroatoms. The fourth-order valence-corrected chi connectivity index (χ4v) is 3.11. The quantitative estimate of drug-likeness (QED) is 0.900. The zero-order valence-electron chi connectivity index (χ0n) is 12.4. The van der Waals surface area contributed by atoms with Crippen LogP contribution in [0.5, 0.6) is 5.75 Å². The number of rotatable bonds is 4. The molecule has 1 fully saturated rings. The summed E-state index contributed by atoms with van der Waals surface area (Å²) in [5.74, 6) is 1.05. The minimum absolute atomic E-state index is 0.122. The fourth-order valence-electron chi connectivity index (χ4n) is 3.11. The smallest absolute Gasteiger partial charge is 0.138 e. The van der Waals surface area contributed by atoms with E-state index in [2.05, 4.69) is 18.8 Å². The first-order valence-electron chi connectivity index (χ1n) is 7.20. The normalized spacial score (nSPS) is 23.6. The van der Waals surface area contributed by atoms with E-state index >= 15 is 0 Å². The molecule has 0 aliphatic heterocycles. The Bertz CT molecular complexity index is 429. The molecule has 3 nitrogen and oxygen atoms in total. The van der Waals surface area contributed by atoms with Crippen LogP contribution in [0.15, 0.2) is 18.5 Å². The van der Waals surface area contributed by atoms with Crippen LogP contribution < -0.4 is 4.74 Å². The molecular formula is C16H25NO2. The first-order chi connectivity index (χ1) is 8.90. The van der Waals surface area contributed by atoms with Gasteiger partial charge in [0.15, 0.2) is 0 Å². The van der Waals surface area contributed by atoms with Gasteiger partial charge in [0.1, 0.15) is 5.75 Å². The molecule has 19 heavy (non-hydrogen) atoms. The Kier molecular flexibility index (Phi) is 4.14. The van der Waals surface area contributed by atoms with Crippen LogP contribution in [0.2, 0.25) is 0 Å². The molecule has 1 heterocycles. The van der Waals surface area contributed by atoms with Gasteiger partial charge in [-0.1, -0.05) is 20.3 Å². The van der Waals surface area contributed by atoms with E-state index in [9.17, 15) is 5.11 Å². The molecule has 1 N–H and O–H groups in total. The van der Waals surface area contributed by atoms with Gasteiger partial charge in [-0.15, -0.1) is 0 Å². The molecular weight excluding hydrogens is 238 g/mol. The van der Waals surface area contributed by atoms with E-state index in [0.29, 0.717) is 5.92 Å². The molecule has 0 radical (unpaired) electrons. The molecule has 0 amide bonds. The zero-order chi connectivity index (χ0) is 14.0. The predicted molar refractivity (Wildman–Crippen MR) is 76.1 cm³/mol. The third kappa shape index (κ3) is 3.27. The second kappa shape index (κ2) is 5.49. The van der Waals surface area contributed by atoms with Crippen LogP contribution >= 0.6 is 0 Å². The first kappa shape index (κ1) is 14.3. The SMILES string of the molecule is CC(C)Oc1cncc(C(O)C2CCCC2(C)C)c1. The Hall–Kier alpha value is -1.09. The van der Waals surface area contributed by atoms with Crippen LogP contribution in [-0.2, 0) is 0 Å². The van der Waals surface area contributed by atoms with Crippen LogP contribution in [0.4, 0.5) is 0 Å². The third-order valence-electron chi connectivity index (χ3n) is 4.17. The molecule has 0 saturated heterocycles. The lowest BCUT2D eigenvalue weighted by atomic mass is 9.77. The van der Waals surface area contributed by atoms with Crippen LogP contribution in [0.1, 0.15) is 58.6 Å². The highest BCUT2D eigenvalue weighted by atomic mass is 16.5. The van der Waals surface area contributed by atoms with Gasteiger partial charge in [0.2, 0.25) is 0 Å². The van der Waals surface area contributed by atoms with E-state index in [1.165, 1.54) is 12.8 Å². The number of aliphatic hydroxyl groups excluding tert-OH is 1. The van der Waals surface area contributed by atoms with Gasteiger partial charge in [0, 0.05) is 11.8 Å². The third-order valence-corrected chi connectivity index (χ3v) is 4.17. The summed E-state index contributed by atoms with van der Waals surface area (Å²) in [6.45, 7) is 8.47. The topological polar surface area (TPSA) is 42.4 Å². The summed E-state index contributed by atoms with van der Waals surface area (Å²) < 4.78 is 5.65. The maximum absolute atomic E-state index is 10.6. The summed E-state index contributed by atoms with van der Waals surface area (Å²) in [6, 6.07) is 1.92. The van der Waals surface area contributed by atoms with E-state index in [1.54, 1.807) is 12.4 Å². The van der Waals surface area contributed by atoms with Gasteiger partial charge in [-0.3, -0.25) is 4.98 Å².